The third-order valence-electron chi connectivity index (χ3n) is 4.52. The van der Waals surface area contributed by atoms with Crippen LogP contribution in [0.1, 0.15) is 25.7 Å². The normalized spacial score (nSPS) is 27.3. The molecule has 0 bridgehead atoms. The molecule has 2 aliphatic rings. The number of rotatable bonds is 4. The molecule has 118 valence electrons. The van der Waals surface area contributed by atoms with Crippen LogP contribution < -0.4 is 5.32 Å². The molecule has 2 N–H and O–H groups in total. The van der Waals surface area contributed by atoms with Gasteiger partial charge in [0.1, 0.15) is 6.04 Å². The minimum absolute atomic E-state index is 0.0663. The monoisotopic (exact) mass is 297 g/mol. The molecular formula is C14H23N3O4. The first-order valence-electron chi connectivity index (χ1n) is 7.39. The topological polar surface area (TPSA) is 90.0 Å². The van der Waals surface area contributed by atoms with E-state index in [2.05, 4.69) is 5.32 Å². The van der Waals surface area contributed by atoms with Crippen LogP contribution in [0.15, 0.2) is 0 Å². The summed E-state index contributed by atoms with van der Waals surface area (Å²) in [5, 5.41) is 12.0. The summed E-state index contributed by atoms with van der Waals surface area (Å²) in [5.74, 6) is -0.607. The Kier molecular flexibility index (Phi) is 4.69. The van der Waals surface area contributed by atoms with Gasteiger partial charge in [-0.2, -0.15) is 0 Å². The molecule has 0 spiro atoms. The SMILES string of the molecule is CN(C)C(=O)CCNC(=O)N1CC2CCCC2C1C(=O)O. The van der Waals surface area contributed by atoms with Gasteiger partial charge in [-0.05, 0) is 24.7 Å². The molecule has 1 saturated heterocycles. The van der Waals surface area contributed by atoms with E-state index < -0.39 is 12.0 Å². The average Bonchev–Trinajstić information content (AvgIpc) is 2.97. The second kappa shape index (κ2) is 6.32. The Morgan fingerprint density at radius 3 is 2.62 bits per heavy atom. The Morgan fingerprint density at radius 1 is 1.29 bits per heavy atom. The van der Waals surface area contributed by atoms with E-state index in [0.29, 0.717) is 12.5 Å². The lowest BCUT2D eigenvalue weighted by Crippen LogP contribution is -2.48. The van der Waals surface area contributed by atoms with E-state index in [0.717, 1.165) is 19.3 Å². The number of aliphatic carboxylic acids is 1. The fourth-order valence-electron chi connectivity index (χ4n) is 3.43. The van der Waals surface area contributed by atoms with Gasteiger partial charge in [0.25, 0.3) is 0 Å². The van der Waals surface area contributed by atoms with Crippen molar-refractivity contribution in [1.82, 2.24) is 15.1 Å². The molecule has 0 aromatic rings. The first-order valence-corrected chi connectivity index (χ1v) is 7.39. The minimum atomic E-state index is -0.927. The summed E-state index contributed by atoms with van der Waals surface area (Å²) in [6, 6.07) is -1.09. The van der Waals surface area contributed by atoms with Crippen molar-refractivity contribution in [2.75, 3.05) is 27.2 Å². The molecule has 0 aromatic heterocycles. The van der Waals surface area contributed by atoms with Crippen LogP contribution in [0.25, 0.3) is 0 Å². The third kappa shape index (κ3) is 3.28. The molecule has 3 unspecified atom stereocenters. The predicted molar refractivity (Wildman–Crippen MR) is 75.7 cm³/mol. The van der Waals surface area contributed by atoms with Crippen molar-refractivity contribution in [2.24, 2.45) is 11.8 Å². The molecule has 3 amide bonds. The summed E-state index contributed by atoms with van der Waals surface area (Å²) in [6.45, 7) is 0.739. The van der Waals surface area contributed by atoms with Crippen molar-refractivity contribution in [2.45, 2.75) is 31.7 Å². The summed E-state index contributed by atoms with van der Waals surface area (Å²) >= 11 is 0. The fourth-order valence-corrected chi connectivity index (χ4v) is 3.43. The molecule has 0 radical (unpaired) electrons. The van der Waals surface area contributed by atoms with Gasteiger partial charge in [-0.3, -0.25) is 4.79 Å². The van der Waals surface area contributed by atoms with Gasteiger partial charge >= 0.3 is 12.0 Å². The van der Waals surface area contributed by atoms with Crippen molar-refractivity contribution >= 4 is 17.9 Å². The van der Waals surface area contributed by atoms with E-state index in [4.69, 9.17) is 0 Å². The number of carbonyl (C=O) groups is 3. The van der Waals surface area contributed by atoms with Crippen LogP contribution >= 0.6 is 0 Å². The number of amides is 3. The van der Waals surface area contributed by atoms with Crippen molar-refractivity contribution in [3.63, 3.8) is 0 Å². The van der Waals surface area contributed by atoms with Crippen molar-refractivity contribution in [1.29, 1.82) is 0 Å². The van der Waals surface area contributed by atoms with Crippen LogP contribution in [-0.2, 0) is 9.59 Å². The number of fused-ring (bicyclic) bond motifs is 1. The smallest absolute Gasteiger partial charge is 0.326 e. The number of nitrogens with zero attached hydrogens (tertiary/aromatic N) is 2. The van der Waals surface area contributed by atoms with Crippen molar-refractivity contribution in [3.05, 3.63) is 0 Å². The maximum absolute atomic E-state index is 12.2. The van der Waals surface area contributed by atoms with Gasteiger partial charge in [-0.1, -0.05) is 6.42 Å². The van der Waals surface area contributed by atoms with E-state index >= 15 is 0 Å². The van der Waals surface area contributed by atoms with Gasteiger partial charge in [-0.15, -0.1) is 0 Å². The Morgan fingerprint density at radius 2 is 2.00 bits per heavy atom. The molecule has 7 heteroatoms. The largest absolute Gasteiger partial charge is 0.480 e. The second-order valence-electron chi connectivity index (χ2n) is 6.06. The number of hydrogen-bond acceptors (Lipinski definition) is 3. The maximum Gasteiger partial charge on any atom is 0.326 e. The molecule has 21 heavy (non-hydrogen) atoms. The first kappa shape index (κ1) is 15.6. The van der Waals surface area contributed by atoms with E-state index in [1.165, 1.54) is 9.80 Å². The highest BCUT2D eigenvalue weighted by atomic mass is 16.4. The highest BCUT2D eigenvalue weighted by Gasteiger charge is 2.49. The summed E-state index contributed by atoms with van der Waals surface area (Å²) < 4.78 is 0. The highest BCUT2D eigenvalue weighted by molar-refractivity contribution is 5.84. The molecule has 1 heterocycles. The van der Waals surface area contributed by atoms with E-state index in [1.807, 2.05) is 0 Å². The van der Waals surface area contributed by atoms with Crippen LogP contribution in [-0.4, -0.2) is 66.0 Å². The molecule has 7 nitrogen and oxygen atoms in total. The Bertz CT molecular complexity index is 438. The van der Waals surface area contributed by atoms with Crippen LogP contribution in [0.5, 0.6) is 0 Å². The van der Waals surface area contributed by atoms with E-state index in [1.54, 1.807) is 14.1 Å². The van der Waals surface area contributed by atoms with Gasteiger partial charge in [0.15, 0.2) is 0 Å². The van der Waals surface area contributed by atoms with Gasteiger partial charge in [0.05, 0.1) is 0 Å². The molecule has 2 rings (SSSR count). The quantitative estimate of drug-likeness (QED) is 0.784. The zero-order valence-electron chi connectivity index (χ0n) is 12.5. The Hall–Kier alpha value is -1.79. The highest BCUT2D eigenvalue weighted by Crippen LogP contribution is 2.42. The molecule has 1 aliphatic carbocycles. The lowest BCUT2D eigenvalue weighted by molar-refractivity contribution is -0.142. The number of carbonyl (C=O) groups excluding carboxylic acids is 2. The molecule has 2 fully saturated rings. The fraction of sp³-hybridized carbons (Fsp3) is 0.786. The first-order chi connectivity index (χ1) is 9.91. The summed E-state index contributed by atoms with van der Waals surface area (Å²) in [7, 11) is 3.32. The van der Waals surface area contributed by atoms with Crippen molar-refractivity contribution < 1.29 is 19.5 Å². The van der Waals surface area contributed by atoms with Gasteiger partial charge < -0.3 is 20.2 Å². The Labute approximate surface area is 124 Å². The van der Waals surface area contributed by atoms with Gasteiger partial charge in [0, 0.05) is 33.6 Å². The number of hydrogen-bond donors (Lipinski definition) is 2. The van der Waals surface area contributed by atoms with E-state index in [-0.39, 0.29) is 30.8 Å². The van der Waals surface area contributed by atoms with Crippen LogP contribution in [0.2, 0.25) is 0 Å². The number of carboxylic acid groups (broad SMARTS) is 1. The van der Waals surface area contributed by atoms with Crippen LogP contribution in [0.4, 0.5) is 4.79 Å². The standard InChI is InChI=1S/C14H23N3O4/c1-16(2)11(18)6-7-15-14(21)17-8-9-4-3-5-10(9)12(17)13(19)20/h9-10,12H,3-8H2,1-2H3,(H,15,21)(H,19,20). The minimum Gasteiger partial charge on any atom is -0.480 e. The lowest BCUT2D eigenvalue weighted by Gasteiger charge is -2.24. The third-order valence-corrected chi connectivity index (χ3v) is 4.52. The number of carboxylic acids is 1. The lowest BCUT2D eigenvalue weighted by atomic mass is 9.94. The summed E-state index contributed by atoms with van der Waals surface area (Å²) in [6.07, 6.45) is 3.14. The molecule has 0 aromatic carbocycles. The Balaban J connectivity index is 1.89. The predicted octanol–water partition coefficient (Wildman–Crippen LogP) is 0.359. The zero-order valence-corrected chi connectivity index (χ0v) is 12.5. The summed E-state index contributed by atoms with van der Waals surface area (Å²) in [5.41, 5.74) is 0. The van der Waals surface area contributed by atoms with Crippen LogP contribution in [0, 0.1) is 11.8 Å². The number of likely N-dealkylation sites (tertiary alicyclic amines) is 1. The molecule has 3 atom stereocenters. The zero-order chi connectivity index (χ0) is 15.6. The molecule has 1 saturated carbocycles. The van der Waals surface area contributed by atoms with Gasteiger partial charge in [-0.25, -0.2) is 9.59 Å². The maximum atomic E-state index is 12.2. The van der Waals surface area contributed by atoms with E-state index in [9.17, 15) is 19.5 Å². The molecule has 1 aliphatic heterocycles. The second-order valence-corrected chi connectivity index (χ2v) is 6.06. The average molecular weight is 297 g/mol. The summed E-state index contributed by atoms with van der Waals surface area (Å²) in [4.78, 5) is 38.0. The number of urea groups is 1. The van der Waals surface area contributed by atoms with Crippen LogP contribution in [0.3, 0.4) is 0 Å². The molecular weight excluding hydrogens is 274 g/mol. The van der Waals surface area contributed by atoms with Gasteiger partial charge in [0.2, 0.25) is 5.91 Å². The number of nitrogens with one attached hydrogen (secondary N) is 1. The van der Waals surface area contributed by atoms with Crippen molar-refractivity contribution in [3.8, 4) is 0 Å².